The van der Waals surface area contributed by atoms with Gasteiger partial charge in [0.15, 0.2) is 0 Å². The summed E-state index contributed by atoms with van der Waals surface area (Å²) in [6.07, 6.45) is 0.956. The summed E-state index contributed by atoms with van der Waals surface area (Å²) in [7, 11) is 0. The molecule has 0 aliphatic rings. The normalized spacial score (nSPS) is 14.2. The third-order valence-corrected chi connectivity index (χ3v) is 6.32. The van der Waals surface area contributed by atoms with Gasteiger partial charge in [-0.05, 0) is 55.7 Å². The SMILES string of the molecule is CCC(N)C(Sc1ccc(C)c(C)c1)c1ccc(Cl)s1. The van der Waals surface area contributed by atoms with Gasteiger partial charge in [-0.3, -0.25) is 0 Å². The molecule has 0 radical (unpaired) electrons. The van der Waals surface area contributed by atoms with Crippen molar-refractivity contribution in [3.05, 3.63) is 50.7 Å². The fourth-order valence-electron chi connectivity index (χ4n) is 1.99. The van der Waals surface area contributed by atoms with Gasteiger partial charge in [0, 0.05) is 15.8 Å². The van der Waals surface area contributed by atoms with Crippen molar-refractivity contribution in [3.8, 4) is 0 Å². The van der Waals surface area contributed by atoms with E-state index in [1.54, 1.807) is 11.3 Å². The molecule has 1 aromatic carbocycles. The molecule has 0 aliphatic carbocycles. The number of rotatable bonds is 5. The van der Waals surface area contributed by atoms with E-state index in [4.69, 9.17) is 17.3 Å². The highest BCUT2D eigenvalue weighted by molar-refractivity contribution is 7.99. The van der Waals surface area contributed by atoms with E-state index in [9.17, 15) is 0 Å². The van der Waals surface area contributed by atoms with Crippen molar-refractivity contribution in [1.29, 1.82) is 0 Å². The van der Waals surface area contributed by atoms with Gasteiger partial charge in [0.25, 0.3) is 0 Å². The van der Waals surface area contributed by atoms with E-state index in [0.717, 1.165) is 10.8 Å². The van der Waals surface area contributed by atoms with E-state index in [1.807, 2.05) is 17.8 Å². The van der Waals surface area contributed by atoms with E-state index < -0.39 is 0 Å². The monoisotopic (exact) mass is 325 g/mol. The van der Waals surface area contributed by atoms with Crippen LogP contribution in [0, 0.1) is 13.8 Å². The highest BCUT2D eigenvalue weighted by Crippen LogP contribution is 2.42. The van der Waals surface area contributed by atoms with Crippen molar-refractivity contribution < 1.29 is 0 Å². The lowest BCUT2D eigenvalue weighted by Crippen LogP contribution is -2.25. The fraction of sp³-hybridized carbons (Fsp3) is 0.375. The molecule has 2 aromatic rings. The molecule has 2 N–H and O–H groups in total. The first-order chi connectivity index (χ1) is 9.51. The fourth-order valence-corrected chi connectivity index (χ4v) is 4.64. The van der Waals surface area contributed by atoms with Crippen molar-refractivity contribution in [2.45, 2.75) is 43.4 Å². The van der Waals surface area contributed by atoms with Gasteiger partial charge in [0.2, 0.25) is 0 Å². The molecule has 0 spiro atoms. The third kappa shape index (κ3) is 3.79. The number of thioether (sulfide) groups is 1. The third-order valence-electron chi connectivity index (χ3n) is 3.48. The summed E-state index contributed by atoms with van der Waals surface area (Å²) in [6, 6.07) is 10.8. The molecule has 0 saturated heterocycles. The topological polar surface area (TPSA) is 26.0 Å². The van der Waals surface area contributed by atoms with Gasteiger partial charge in [0.1, 0.15) is 0 Å². The molecule has 0 aliphatic heterocycles. The first kappa shape index (κ1) is 15.9. The van der Waals surface area contributed by atoms with Gasteiger partial charge in [0.05, 0.1) is 9.59 Å². The largest absolute Gasteiger partial charge is 0.326 e. The van der Waals surface area contributed by atoms with Crippen LogP contribution in [0.3, 0.4) is 0 Å². The second-order valence-electron chi connectivity index (χ2n) is 5.00. The molecule has 2 atom stereocenters. The molecular weight excluding hydrogens is 306 g/mol. The molecule has 0 amide bonds. The molecule has 2 rings (SSSR count). The van der Waals surface area contributed by atoms with Crippen LogP contribution in [0.4, 0.5) is 0 Å². The minimum atomic E-state index is 0.135. The van der Waals surface area contributed by atoms with Crippen LogP contribution in [-0.2, 0) is 0 Å². The Morgan fingerprint density at radius 3 is 2.50 bits per heavy atom. The summed E-state index contributed by atoms with van der Waals surface area (Å²) < 4.78 is 0.828. The van der Waals surface area contributed by atoms with Gasteiger partial charge >= 0.3 is 0 Å². The van der Waals surface area contributed by atoms with Crippen molar-refractivity contribution in [1.82, 2.24) is 0 Å². The first-order valence-corrected chi connectivity index (χ1v) is 8.83. The molecule has 1 nitrogen and oxygen atoms in total. The second kappa shape index (κ2) is 6.99. The van der Waals surface area contributed by atoms with Crippen LogP contribution in [0.5, 0.6) is 0 Å². The Morgan fingerprint density at radius 2 is 1.95 bits per heavy atom. The lowest BCUT2D eigenvalue weighted by Gasteiger charge is -2.21. The number of hydrogen-bond donors (Lipinski definition) is 1. The molecule has 0 saturated carbocycles. The van der Waals surface area contributed by atoms with Gasteiger partial charge < -0.3 is 5.73 Å². The number of aryl methyl sites for hydroxylation is 2. The van der Waals surface area contributed by atoms with Crippen LogP contribution in [0.2, 0.25) is 4.34 Å². The van der Waals surface area contributed by atoms with Crippen LogP contribution in [0.25, 0.3) is 0 Å². The molecule has 108 valence electrons. The summed E-state index contributed by atoms with van der Waals surface area (Å²) in [5.74, 6) is 0. The lowest BCUT2D eigenvalue weighted by atomic mass is 10.1. The number of thiophene rings is 1. The Hall–Kier alpha value is -0.480. The van der Waals surface area contributed by atoms with Crippen molar-refractivity contribution in [3.63, 3.8) is 0 Å². The quantitative estimate of drug-likeness (QED) is 0.725. The van der Waals surface area contributed by atoms with E-state index in [2.05, 4.69) is 45.0 Å². The van der Waals surface area contributed by atoms with E-state index in [1.165, 1.54) is 20.9 Å². The summed E-state index contributed by atoms with van der Waals surface area (Å²) in [6.45, 7) is 6.42. The van der Waals surface area contributed by atoms with Crippen LogP contribution < -0.4 is 5.73 Å². The van der Waals surface area contributed by atoms with Crippen LogP contribution in [0.1, 0.15) is 34.6 Å². The molecule has 0 bridgehead atoms. The molecule has 4 heteroatoms. The Kier molecular flexibility index (Phi) is 5.56. The van der Waals surface area contributed by atoms with Gasteiger partial charge in [-0.25, -0.2) is 0 Å². The highest BCUT2D eigenvalue weighted by atomic mass is 35.5. The average molecular weight is 326 g/mol. The Bertz CT molecular complexity index is 580. The number of benzene rings is 1. The second-order valence-corrected chi connectivity index (χ2v) is 7.96. The molecule has 0 fully saturated rings. The summed E-state index contributed by atoms with van der Waals surface area (Å²) in [5, 5.41) is 0.264. The minimum Gasteiger partial charge on any atom is -0.326 e. The summed E-state index contributed by atoms with van der Waals surface area (Å²) in [4.78, 5) is 2.53. The first-order valence-electron chi connectivity index (χ1n) is 6.76. The van der Waals surface area contributed by atoms with Gasteiger partial charge in [-0.2, -0.15) is 0 Å². The predicted octanol–water partition coefficient (Wildman–Crippen LogP) is 5.59. The van der Waals surface area contributed by atoms with Crippen LogP contribution in [0.15, 0.2) is 35.2 Å². The van der Waals surface area contributed by atoms with Crippen LogP contribution in [-0.4, -0.2) is 6.04 Å². The maximum absolute atomic E-state index is 6.32. The van der Waals surface area contributed by atoms with Gasteiger partial charge in [-0.1, -0.05) is 24.6 Å². The minimum absolute atomic E-state index is 0.135. The van der Waals surface area contributed by atoms with Crippen molar-refractivity contribution in [2.75, 3.05) is 0 Å². The predicted molar refractivity (Wildman–Crippen MR) is 92.1 cm³/mol. The van der Waals surface area contributed by atoms with Crippen molar-refractivity contribution >= 4 is 34.7 Å². The molecule has 1 heterocycles. The van der Waals surface area contributed by atoms with Crippen LogP contribution >= 0.6 is 34.7 Å². The molecular formula is C16H20ClNS2. The van der Waals surface area contributed by atoms with E-state index in [-0.39, 0.29) is 11.3 Å². The number of hydrogen-bond acceptors (Lipinski definition) is 3. The van der Waals surface area contributed by atoms with E-state index in [0.29, 0.717) is 0 Å². The summed E-state index contributed by atoms with van der Waals surface area (Å²) >= 11 is 9.54. The molecule has 2 unspecified atom stereocenters. The maximum atomic E-state index is 6.32. The van der Waals surface area contributed by atoms with Crippen molar-refractivity contribution in [2.24, 2.45) is 5.73 Å². The van der Waals surface area contributed by atoms with Gasteiger partial charge in [-0.15, -0.1) is 23.1 Å². The highest BCUT2D eigenvalue weighted by Gasteiger charge is 2.21. The Labute approximate surface area is 134 Å². The number of nitrogens with two attached hydrogens (primary N) is 1. The smallest absolute Gasteiger partial charge is 0.0931 e. The Balaban J connectivity index is 2.25. The zero-order valence-electron chi connectivity index (χ0n) is 12.0. The summed E-state index contributed by atoms with van der Waals surface area (Å²) in [5.41, 5.74) is 8.96. The number of halogens is 1. The molecule has 20 heavy (non-hydrogen) atoms. The standard InChI is InChI=1S/C16H20ClNS2/c1-4-13(18)16(14-7-8-15(17)20-14)19-12-6-5-10(2)11(3)9-12/h5-9,13,16H,4,18H2,1-3H3. The zero-order valence-corrected chi connectivity index (χ0v) is 14.4. The average Bonchev–Trinajstić information content (AvgIpc) is 2.85. The molecule has 1 aromatic heterocycles. The zero-order chi connectivity index (χ0) is 14.7. The van der Waals surface area contributed by atoms with E-state index >= 15 is 0 Å². The Morgan fingerprint density at radius 1 is 1.20 bits per heavy atom. The lowest BCUT2D eigenvalue weighted by molar-refractivity contribution is 0.640. The maximum Gasteiger partial charge on any atom is 0.0931 e.